The molecule has 0 aromatic carbocycles. The number of urea groups is 1. The van der Waals surface area contributed by atoms with E-state index in [1.807, 2.05) is 6.07 Å². The van der Waals surface area contributed by atoms with Crippen molar-refractivity contribution in [3.63, 3.8) is 0 Å². The molecule has 2 amide bonds. The number of aromatic nitrogens is 3. The lowest BCUT2D eigenvalue weighted by Gasteiger charge is -2.37. The van der Waals surface area contributed by atoms with Crippen molar-refractivity contribution in [2.24, 2.45) is 0 Å². The molecule has 0 aliphatic carbocycles. The molecule has 2 aromatic heterocycles. The number of rotatable bonds is 2. The van der Waals surface area contributed by atoms with Gasteiger partial charge in [-0.25, -0.2) is 23.0 Å². The fourth-order valence-corrected chi connectivity index (χ4v) is 5.13. The first-order valence-corrected chi connectivity index (χ1v) is 10.8. The molecule has 3 N–H and O–H groups in total. The first-order valence-electron chi connectivity index (χ1n) is 8.99. The average Bonchev–Trinajstić information content (AvgIpc) is 3.03. The Bertz CT molecular complexity index is 991. The first kappa shape index (κ1) is 17.8. The molecule has 4 heterocycles. The molecule has 10 nitrogen and oxygen atoms in total. The number of hydrogen-bond donors (Lipinski definition) is 3. The molecule has 0 bridgehead atoms. The number of fused-ring (bicyclic) bond motifs is 1. The largest absolute Gasteiger partial charge is 0.366 e. The number of imidazole rings is 1. The van der Waals surface area contributed by atoms with Crippen LogP contribution in [-0.2, 0) is 9.84 Å². The van der Waals surface area contributed by atoms with Gasteiger partial charge in [0.2, 0.25) is 0 Å². The van der Waals surface area contributed by atoms with Gasteiger partial charge < -0.3 is 20.1 Å². The molecule has 4 rings (SSSR count). The Labute approximate surface area is 155 Å². The van der Waals surface area contributed by atoms with Gasteiger partial charge in [-0.1, -0.05) is 0 Å². The summed E-state index contributed by atoms with van der Waals surface area (Å²) in [5.74, 6) is 0.275. The lowest BCUT2D eigenvalue weighted by Crippen LogP contribution is -2.54. The van der Waals surface area contributed by atoms with Crippen LogP contribution in [0.2, 0.25) is 0 Å². The number of carbonyl (C=O) groups is 1. The van der Waals surface area contributed by atoms with Gasteiger partial charge in [-0.2, -0.15) is 0 Å². The van der Waals surface area contributed by atoms with Crippen LogP contribution in [0.25, 0.3) is 11.2 Å². The van der Waals surface area contributed by atoms with Crippen molar-refractivity contribution in [3.8, 4) is 0 Å². The van der Waals surface area contributed by atoms with Crippen LogP contribution in [0.3, 0.4) is 0 Å². The number of H-pyrrole nitrogens is 2. The van der Waals surface area contributed by atoms with Crippen LogP contribution >= 0.6 is 0 Å². The summed E-state index contributed by atoms with van der Waals surface area (Å²) in [6.45, 7) is 2.38. The quantitative estimate of drug-likeness (QED) is 0.639. The molecule has 2 aliphatic heterocycles. The molecular formula is C16H22N6O4S. The maximum atomic E-state index is 12.5. The summed E-state index contributed by atoms with van der Waals surface area (Å²) < 4.78 is 23.0. The number of aromatic amines is 2. The van der Waals surface area contributed by atoms with Crippen LogP contribution in [0.1, 0.15) is 12.8 Å². The zero-order chi connectivity index (χ0) is 19.0. The number of pyridine rings is 1. The van der Waals surface area contributed by atoms with Crippen LogP contribution in [0, 0.1) is 0 Å². The molecule has 0 unspecified atom stereocenters. The fraction of sp³-hybridized carbons (Fsp3) is 0.562. The summed E-state index contributed by atoms with van der Waals surface area (Å²) in [4.78, 5) is 37.4. The van der Waals surface area contributed by atoms with Gasteiger partial charge in [-0.15, -0.1) is 0 Å². The van der Waals surface area contributed by atoms with E-state index in [9.17, 15) is 18.0 Å². The third kappa shape index (κ3) is 3.77. The second-order valence-electron chi connectivity index (χ2n) is 6.98. The summed E-state index contributed by atoms with van der Waals surface area (Å²) in [5.41, 5.74) is 1.78. The standard InChI is InChI=1S/C16H22N6O4S/c23-15-19-13-12(1-4-17-14(13)20-15)21-5-7-22(8-6-21)16(24)18-11-2-9-27(25,26)10-3-11/h1,4,11H,2-3,5-10H2,(H,18,24)(H2,17,19,20,23). The Kier molecular flexibility index (Phi) is 4.54. The molecule has 146 valence electrons. The van der Waals surface area contributed by atoms with Crippen LogP contribution in [0.15, 0.2) is 17.1 Å². The van der Waals surface area contributed by atoms with Crippen molar-refractivity contribution in [1.82, 2.24) is 25.2 Å². The fourth-order valence-electron chi connectivity index (χ4n) is 3.64. The Hall–Kier alpha value is -2.56. The Balaban J connectivity index is 1.36. The molecule has 0 radical (unpaired) electrons. The minimum absolute atomic E-state index is 0.0798. The van der Waals surface area contributed by atoms with Gasteiger partial charge in [-0.3, -0.25) is 4.98 Å². The number of amides is 2. The highest BCUT2D eigenvalue weighted by molar-refractivity contribution is 7.91. The van der Waals surface area contributed by atoms with Crippen molar-refractivity contribution < 1.29 is 13.2 Å². The van der Waals surface area contributed by atoms with E-state index in [0.29, 0.717) is 50.2 Å². The van der Waals surface area contributed by atoms with E-state index in [4.69, 9.17) is 0 Å². The number of carbonyl (C=O) groups excluding carboxylic acids is 1. The third-order valence-corrected chi connectivity index (χ3v) is 6.90. The predicted molar refractivity (Wildman–Crippen MR) is 101 cm³/mol. The molecule has 11 heteroatoms. The highest BCUT2D eigenvalue weighted by atomic mass is 32.2. The molecular weight excluding hydrogens is 372 g/mol. The van der Waals surface area contributed by atoms with Gasteiger partial charge in [0.25, 0.3) is 0 Å². The zero-order valence-corrected chi connectivity index (χ0v) is 15.6. The lowest BCUT2D eigenvalue weighted by molar-refractivity contribution is 0.189. The van der Waals surface area contributed by atoms with E-state index in [-0.39, 0.29) is 29.3 Å². The summed E-state index contributed by atoms with van der Waals surface area (Å²) in [5, 5.41) is 2.96. The van der Waals surface area contributed by atoms with Crippen molar-refractivity contribution in [2.45, 2.75) is 18.9 Å². The second-order valence-corrected chi connectivity index (χ2v) is 9.29. The number of anilines is 1. The summed E-state index contributed by atoms with van der Waals surface area (Å²) >= 11 is 0. The van der Waals surface area contributed by atoms with Gasteiger partial charge >= 0.3 is 11.7 Å². The second kappa shape index (κ2) is 6.87. The van der Waals surface area contributed by atoms with E-state index in [0.717, 1.165) is 5.69 Å². The van der Waals surface area contributed by atoms with Gasteiger partial charge in [-0.05, 0) is 18.9 Å². The van der Waals surface area contributed by atoms with E-state index >= 15 is 0 Å². The predicted octanol–water partition coefficient (Wildman–Crippen LogP) is -0.340. The van der Waals surface area contributed by atoms with Crippen molar-refractivity contribution >= 4 is 32.7 Å². The van der Waals surface area contributed by atoms with Gasteiger partial charge in [0.15, 0.2) is 5.65 Å². The SMILES string of the molecule is O=C(NC1CCS(=O)(=O)CC1)N1CCN(c2ccnc3[nH]c(=O)[nH]c23)CC1. The first-order chi connectivity index (χ1) is 12.9. The minimum atomic E-state index is -2.93. The molecule has 0 spiro atoms. The Morgan fingerprint density at radius 1 is 1.15 bits per heavy atom. The molecule has 27 heavy (non-hydrogen) atoms. The van der Waals surface area contributed by atoms with Crippen LogP contribution < -0.4 is 15.9 Å². The van der Waals surface area contributed by atoms with E-state index in [1.165, 1.54) is 0 Å². The number of sulfone groups is 1. The average molecular weight is 394 g/mol. The lowest BCUT2D eigenvalue weighted by atomic mass is 10.1. The number of piperazine rings is 1. The highest BCUT2D eigenvalue weighted by Crippen LogP contribution is 2.23. The van der Waals surface area contributed by atoms with Crippen molar-refractivity contribution in [2.75, 3.05) is 42.6 Å². The number of hydrogen-bond acceptors (Lipinski definition) is 6. The monoisotopic (exact) mass is 394 g/mol. The van der Waals surface area contributed by atoms with E-state index in [1.54, 1.807) is 11.1 Å². The Morgan fingerprint density at radius 2 is 1.85 bits per heavy atom. The maximum Gasteiger partial charge on any atom is 0.325 e. The smallest absolute Gasteiger partial charge is 0.325 e. The minimum Gasteiger partial charge on any atom is -0.366 e. The third-order valence-electron chi connectivity index (χ3n) is 5.19. The van der Waals surface area contributed by atoms with Crippen molar-refractivity contribution in [3.05, 3.63) is 22.7 Å². The normalized spacial score (nSPS) is 20.7. The van der Waals surface area contributed by atoms with E-state index in [2.05, 4.69) is 25.2 Å². The molecule has 2 aliphatic rings. The zero-order valence-electron chi connectivity index (χ0n) is 14.8. The van der Waals surface area contributed by atoms with Gasteiger partial charge in [0, 0.05) is 38.4 Å². The van der Waals surface area contributed by atoms with Gasteiger partial charge in [0.1, 0.15) is 15.4 Å². The van der Waals surface area contributed by atoms with Crippen molar-refractivity contribution in [1.29, 1.82) is 0 Å². The number of nitrogens with one attached hydrogen (secondary N) is 3. The van der Waals surface area contributed by atoms with Crippen LogP contribution in [0.5, 0.6) is 0 Å². The topological polar surface area (TPSA) is 131 Å². The van der Waals surface area contributed by atoms with Gasteiger partial charge in [0.05, 0.1) is 17.2 Å². The summed E-state index contributed by atoms with van der Waals surface area (Å²) in [6, 6.07) is 1.63. The van der Waals surface area contributed by atoms with Crippen LogP contribution in [-0.4, -0.2) is 78.0 Å². The summed E-state index contributed by atoms with van der Waals surface area (Å²) in [6.07, 6.45) is 2.60. The summed E-state index contributed by atoms with van der Waals surface area (Å²) in [7, 11) is -2.93. The van der Waals surface area contributed by atoms with E-state index < -0.39 is 9.84 Å². The molecule has 2 saturated heterocycles. The molecule has 2 fully saturated rings. The number of nitrogens with zero attached hydrogens (tertiary/aromatic N) is 3. The molecule has 0 saturated carbocycles. The van der Waals surface area contributed by atoms with Crippen LogP contribution in [0.4, 0.5) is 10.5 Å². The highest BCUT2D eigenvalue weighted by Gasteiger charge is 2.28. The maximum absolute atomic E-state index is 12.5. The molecule has 2 aromatic rings. The molecule has 0 atom stereocenters. The Morgan fingerprint density at radius 3 is 2.56 bits per heavy atom.